The van der Waals surface area contributed by atoms with Gasteiger partial charge in [0.2, 0.25) is 0 Å². The van der Waals surface area contributed by atoms with Crippen LogP contribution in [-0.2, 0) is 9.53 Å². The molecule has 2 rings (SSSR count). The molecule has 0 radical (unpaired) electrons. The Balaban J connectivity index is 2.08. The zero-order valence-electron chi connectivity index (χ0n) is 11.3. The van der Waals surface area contributed by atoms with Crippen molar-refractivity contribution < 1.29 is 9.53 Å². The Morgan fingerprint density at radius 3 is 2.67 bits per heavy atom. The summed E-state index contributed by atoms with van der Waals surface area (Å²) in [5.41, 5.74) is 1.37. The molecule has 18 heavy (non-hydrogen) atoms. The molecule has 0 aromatic heterocycles. The van der Waals surface area contributed by atoms with Crippen LogP contribution in [0.15, 0.2) is 30.3 Å². The van der Waals surface area contributed by atoms with Crippen molar-refractivity contribution in [3.63, 3.8) is 0 Å². The summed E-state index contributed by atoms with van der Waals surface area (Å²) in [7, 11) is 0. The van der Waals surface area contributed by atoms with Crippen LogP contribution in [0.1, 0.15) is 44.6 Å². The van der Waals surface area contributed by atoms with E-state index in [1.54, 1.807) is 0 Å². The lowest BCUT2D eigenvalue weighted by Crippen LogP contribution is -2.18. The minimum atomic E-state index is -0.0443. The van der Waals surface area contributed by atoms with Gasteiger partial charge in [0.25, 0.3) is 0 Å². The Kier molecular flexibility index (Phi) is 4.40. The summed E-state index contributed by atoms with van der Waals surface area (Å²) in [6.45, 7) is 4.60. The van der Waals surface area contributed by atoms with E-state index in [2.05, 4.69) is 31.2 Å². The standard InChI is InChI=1S/C16H22O2/c1-3-18-16(17)11-15-12(2)9-10-14(15)13-7-5-4-6-8-13/h4-8,12,14-15H,3,9-11H2,1-2H3/t12-,14+,15-/m0/s1. The molecule has 0 amide bonds. The highest BCUT2D eigenvalue weighted by molar-refractivity contribution is 5.70. The van der Waals surface area contributed by atoms with Crippen molar-refractivity contribution in [2.24, 2.45) is 11.8 Å². The predicted molar refractivity (Wildman–Crippen MR) is 72.3 cm³/mol. The Hall–Kier alpha value is -1.31. The van der Waals surface area contributed by atoms with E-state index >= 15 is 0 Å². The van der Waals surface area contributed by atoms with Crippen molar-refractivity contribution in [3.8, 4) is 0 Å². The van der Waals surface area contributed by atoms with Crippen molar-refractivity contribution in [2.75, 3.05) is 6.61 Å². The van der Waals surface area contributed by atoms with Crippen LogP contribution < -0.4 is 0 Å². The fraction of sp³-hybridized carbons (Fsp3) is 0.562. The second kappa shape index (κ2) is 6.03. The number of hydrogen-bond donors (Lipinski definition) is 0. The molecule has 1 aliphatic carbocycles. The molecule has 1 saturated carbocycles. The number of benzene rings is 1. The van der Waals surface area contributed by atoms with E-state index in [1.807, 2.05) is 13.0 Å². The highest BCUT2D eigenvalue weighted by Gasteiger charge is 2.35. The smallest absolute Gasteiger partial charge is 0.306 e. The third-order valence-corrected chi connectivity index (χ3v) is 4.12. The summed E-state index contributed by atoms with van der Waals surface area (Å²) < 4.78 is 5.10. The number of carbonyl (C=O) groups is 1. The van der Waals surface area contributed by atoms with Crippen molar-refractivity contribution in [2.45, 2.75) is 39.0 Å². The molecule has 0 N–H and O–H groups in total. The normalized spacial score (nSPS) is 27.1. The number of esters is 1. The molecule has 1 aliphatic rings. The van der Waals surface area contributed by atoms with Crippen LogP contribution in [0.25, 0.3) is 0 Å². The first kappa shape index (κ1) is 13.1. The summed E-state index contributed by atoms with van der Waals surface area (Å²) >= 11 is 0. The molecule has 0 saturated heterocycles. The summed E-state index contributed by atoms with van der Waals surface area (Å²) in [6, 6.07) is 10.6. The van der Waals surface area contributed by atoms with E-state index in [9.17, 15) is 4.79 Å². The molecule has 98 valence electrons. The van der Waals surface area contributed by atoms with Crippen molar-refractivity contribution in [3.05, 3.63) is 35.9 Å². The number of carbonyl (C=O) groups excluding carboxylic acids is 1. The molecule has 0 heterocycles. The zero-order chi connectivity index (χ0) is 13.0. The molecule has 1 aromatic carbocycles. The van der Waals surface area contributed by atoms with Gasteiger partial charge in [-0.1, -0.05) is 37.3 Å². The first-order chi connectivity index (χ1) is 8.72. The summed E-state index contributed by atoms with van der Waals surface area (Å²) in [4.78, 5) is 11.7. The molecule has 3 atom stereocenters. The molecule has 0 unspecified atom stereocenters. The molecule has 0 aliphatic heterocycles. The molecule has 2 heteroatoms. The fourth-order valence-corrected chi connectivity index (χ4v) is 3.14. The van der Waals surface area contributed by atoms with Crippen molar-refractivity contribution >= 4 is 5.97 Å². The van der Waals surface area contributed by atoms with E-state index in [0.717, 1.165) is 0 Å². The van der Waals surface area contributed by atoms with Crippen LogP contribution in [0.5, 0.6) is 0 Å². The second-order valence-corrected chi connectivity index (χ2v) is 5.24. The highest BCUT2D eigenvalue weighted by atomic mass is 16.5. The van der Waals surface area contributed by atoms with Gasteiger partial charge in [0, 0.05) is 6.42 Å². The van der Waals surface area contributed by atoms with Gasteiger partial charge in [0.1, 0.15) is 0 Å². The van der Waals surface area contributed by atoms with Gasteiger partial charge in [-0.05, 0) is 43.1 Å². The Labute approximate surface area is 109 Å². The minimum Gasteiger partial charge on any atom is -0.466 e. The third-order valence-electron chi connectivity index (χ3n) is 4.12. The van der Waals surface area contributed by atoms with Crippen LogP contribution in [0.3, 0.4) is 0 Å². The predicted octanol–water partition coefficient (Wildman–Crippen LogP) is 3.77. The molecular weight excluding hydrogens is 224 g/mol. The van der Waals surface area contributed by atoms with Crippen molar-refractivity contribution in [1.82, 2.24) is 0 Å². The minimum absolute atomic E-state index is 0.0443. The quantitative estimate of drug-likeness (QED) is 0.756. The monoisotopic (exact) mass is 246 g/mol. The Bertz CT molecular complexity index is 385. The van der Waals surface area contributed by atoms with Crippen LogP contribution in [-0.4, -0.2) is 12.6 Å². The van der Waals surface area contributed by atoms with E-state index in [-0.39, 0.29) is 5.97 Å². The molecule has 0 spiro atoms. The van der Waals surface area contributed by atoms with Crippen molar-refractivity contribution in [1.29, 1.82) is 0 Å². The average Bonchev–Trinajstić information content (AvgIpc) is 2.73. The second-order valence-electron chi connectivity index (χ2n) is 5.24. The molecule has 2 nitrogen and oxygen atoms in total. The Morgan fingerprint density at radius 1 is 1.28 bits per heavy atom. The molecule has 1 fully saturated rings. The van der Waals surface area contributed by atoms with Gasteiger partial charge in [-0.2, -0.15) is 0 Å². The van der Waals surface area contributed by atoms with Gasteiger partial charge in [0.05, 0.1) is 6.61 Å². The van der Waals surface area contributed by atoms with Gasteiger partial charge in [-0.15, -0.1) is 0 Å². The maximum atomic E-state index is 11.7. The van der Waals surface area contributed by atoms with Gasteiger partial charge in [0.15, 0.2) is 0 Å². The van der Waals surface area contributed by atoms with Crippen LogP contribution in [0.2, 0.25) is 0 Å². The van der Waals surface area contributed by atoms with E-state index in [4.69, 9.17) is 4.74 Å². The lowest BCUT2D eigenvalue weighted by molar-refractivity contribution is -0.144. The zero-order valence-corrected chi connectivity index (χ0v) is 11.3. The van der Waals surface area contributed by atoms with Gasteiger partial charge in [-0.25, -0.2) is 0 Å². The number of rotatable bonds is 4. The average molecular weight is 246 g/mol. The van der Waals surface area contributed by atoms with Crippen LogP contribution >= 0.6 is 0 Å². The largest absolute Gasteiger partial charge is 0.466 e. The number of ether oxygens (including phenoxy) is 1. The van der Waals surface area contributed by atoms with Gasteiger partial charge >= 0.3 is 5.97 Å². The molecular formula is C16H22O2. The third kappa shape index (κ3) is 2.92. The lowest BCUT2D eigenvalue weighted by Gasteiger charge is -2.22. The SMILES string of the molecule is CCOC(=O)C[C@@H]1[C@@H](c2ccccc2)CC[C@@H]1C. The molecule has 1 aromatic rings. The summed E-state index contributed by atoms with van der Waals surface area (Å²) in [5, 5.41) is 0. The van der Waals surface area contributed by atoms with Gasteiger partial charge in [-0.3, -0.25) is 4.79 Å². The van der Waals surface area contributed by atoms with Gasteiger partial charge < -0.3 is 4.74 Å². The molecule has 0 bridgehead atoms. The maximum Gasteiger partial charge on any atom is 0.306 e. The lowest BCUT2D eigenvalue weighted by atomic mass is 9.83. The van der Waals surface area contributed by atoms with Crippen LogP contribution in [0.4, 0.5) is 0 Å². The first-order valence-electron chi connectivity index (χ1n) is 6.93. The Morgan fingerprint density at radius 2 is 2.00 bits per heavy atom. The maximum absolute atomic E-state index is 11.7. The topological polar surface area (TPSA) is 26.3 Å². The number of hydrogen-bond acceptors (Lipinski definition) is 2. The highest BCUT2D eigenvalue weighted by Crippen LogP contribution is 2.45. The van der Waals surface area contributed by atoms with E-state index < -0.39 is 0 Å². The summed E-state index contributed by atoms with van der Waals surface area (Å²) in [6.07, 6.45) is 2.97. The summed E-state index contributed by atoms with van der Waals surface area (Å²) in [5.74, 6) is 1.52. The van der Waals surface area contributed by atoms with E-state index in [0.29, 0.717) is 30.8 Å². The van der Waals surface area contributed by atoms with Crippen LogP contribution in [0, 0.1) is 11.8 Å². The fourth-order valence-electron chi connectivity index (χ4n) is 3.14. The first-order valence-corrected chi connectivity index (χ1v) is 6.93. The van der Waals surface area contributed by atoms with E-state index in [1.165, 1.54) is 18.4 Å².